The predicted molar refractivity (Wildman–Crippen MR) is 113 cm³/mol. The first-order valence-corrected chi connectivity index (χ1v) is 10.5. The molecule has 3 aliphatic carbocycles. The molecule has 0 spiro atoms. The Morgan fingerprint density at radius 3 is 2.33 bits per heavy atom. The average Bonchev–Trinajstić information content (AvgIpc) is 2.62. The standard InChI is InChI=1S/C22H31ClN4/c1-14(24)21-6-9-22(10-7-21,11-8-21)27-19-16(20(2,3)4)13-15-5-12-25-18(23)17(15)26-19/h5,12-14H,6-11,24H2,1-4H3,(H,26,27)/t14-,21?,22?/m0/s1. The van der Waals surface area contributed by atoms with Crippen molar-refractivity contribution in [2.75, 3.05) is 5.32 Å². The molecule has 0 saturated heterocycles. The van der Waals surface area contributed by atoms with Gasteiger partial charge >= 0.3 is 0 Å². The van der Waals surface area contributed by atoms with Gasteiger partial charge in [-0.15, -0.1) is 0 Å². The molecular weight excluding hydrogens is 356 g/mol. The van der Waals surface area contributed by atoms with Crippen LogP contribution in [0.2, 0.25) is 5.15 Å². The van der Waals surface area contributed by atoms with Crippen LogP contribution in [0.3, 0.4) is 0 Å². The lowest BCUT2D eigenvalue weighted by Gasteiger charge is -2.55. The van der Waals surface area contributed by atoms with Gasteiger partial charge < -0.3 is 11.1 Å². The lowest BCUT2D eigenvalue weighted by Crippen LogP contribution is -2.56. The molecule has 2 bridgehead atoms. The van der Waals surface area contributed by atoms with Crippen LogP contribution < -0.4 is 11.1 Å². The van der Waals surface area contributed by atoms with E-state index in [0.717, 1.165) is 16.7 Å². The summed E-state index contributed by atoms with van der Waals surface area (Å²) in [4.78, 5) is 9.19. The summed E-state index contributed by atoms with van der Waals surface area (Å²) in [6, 6.07) is 4.50. The zero-order valence-electron chi connectivity index (χ0n) is 16.9. The summed E-state index contributed by atoms with van der Waals surface area (Å²) < 4.78 is 0. The van der Waals surface area contributed by atoms with Gasteiger partial charge in [0.25, 0.3) is 0 Å². The second kappa shape index (κ2) is 6.31. The summed E-state index contributed by atoms with van der Waals surface area (Å²) in [5.74, 6) is 0.972. The van der Waals surface area contributed by atoms with Crippen LogP contribution >= 0.6 is 11.6 Å². The Labute approximate surface area is 167 Å². The van der Waals surface area contributed by atoms with Gasteiger partial charge in [-0.2, -0.15) is 0 Å². The first kappa shape index (κ1) is 18.9. The van der Waals surface area contributed by atoms with E-state index in [4.69, 9.17) is 22.3 Å². The maximum absolute atomic E-state index is 6.35. The van der Waals surface area contributed by atoms with E-state index in [1.54, 1.807) is 6.20 Å². The summed E-state index contributed by atoms with van der Waals surface area (Å²) in [5, 5.41) is 5.41. The first-order chi connectivity index (χ1) is 12.6. The molecule has 1 atom stereocenters. The molecule has 4 nitrogen and oxygen atoms in total. The number of fused-ring (bicyclic) bond motifs is 4. The molecule has 2 aromatic heterocycles. The van der Waals surface area contributed by atoms with Crippen LogP contribution in [-0.2, 0) is 5.41 Å². The molecule has 146 valence electrons. The van der Waals surface area contributed by atoms with Crippen molar-refractivity contribution in [3.63, 3.8) is 0 Å². The molecule has 0 amide bonds. The number of nitrogens with two attached hydrogens (primary N) is 1. The summed E-state index contributed by atoms with van der Waals surface area (Å²) in [7, 11) is 0. The fourth-order valence-corrected chi connectivity index (χ4v) is 5.28. The van der Waals surface area contributed by atoms with Crippen molar-refractivity contribution in [1.29, 1.82) is 0 Å². The lowest BCUT2D eigenvalue weighted by molar-refractivity contribution is 0.0366. The number of pyridine rings is 2. The fraction of sp³-hybridized carbons (Fsp3) is 0.636. The highest BCUT2D eigenvalue weighted by molar-refractivity contribution is 6.33. The molecule has 2 heterocycles. The zero-order chi connectivity index (χ0) is 19.4. The molecule has 3 saturated carbocycles. The first-order valence-electron chi connectivity index (χ1n) is 10.1. The van der Waals surface area contributed by atoms with Crippen LogP contribution in [-0.4, -0.2) is 21.5 Å². The highest BCUT2D eigenvalue weighted by Crippen LogP contribution is 2.55. The molecular formula is C22H31ClN4. The molecule has 5 heteroatoms. The molecule has 0 aliphatic heterocycles. The summed E-state index contributed by atoms with van der Waals surface area (Å²) >= 11 is 6.35. The fourth-order valence-electron chi connectivity index (χ4n) is 5.07. The van der Waals surface area contributed by atoms with E-state index in [2.05, 4.69) is 44.1 Å². The topological polar surface area (TPSA) is 63.8 Å². The number of hydrogen-bond acceptors (Lipinski definition) is 4. The molecule has 5 rings (SSSR count). The summed E-state index contributed by atoms with van der Waals surface area (Å²) in [6.45, 7) is 8.91. The average molecular weight is 387 g/mol. The van der Waals surface area contributed by atoms with E-state index in [0.29, 0.717) is 10.6 Å². The van der Waals surface area contributed by atoms with Crippen molar-refractivity contribution in [2.24, 2.45) is 11.1 Å². The van der Waals surface area contributed by atoms with Crippen molar-refractivity contribution >= 4 is 28.3 Å². The van der Waals surface area contributed by atoms with Gasteiger partial charge in [-0.05, 0) is 68.4 Å². The highest BCUT2D eigenvalue weighted by Gasteiger charge is 2.50. The second-order valence-electron chi connectivity index (χ2n) is 9.86. The Morgan fingerprint density at radius 1 is 1.15 bits per heavy atom. The van der Waals surface area contributed by atoms with Crippen LogP contribution in [0, 0.1) is 5.41 Å². The molecule has 27 heavy (non-hydrogen) atoms. The Morgan fingerprint density at radius 2 is 1.78 bits per heavy atom. The normalized spacial score (nSPS) is 29.1. The van der Waals surface area contributed by atoms with Gasteiger partial charge in [-0.25, -0.2) is 9.97 Å². The quantitative estimate of drug-likeness (QED) is 0.690. The van der Waals surface area contributed by atoms with Crippen molar-refractivity contribution in [3.8, 4) is 0 Å². The van der Waals surface area contributed by atoms with E-state index < -0.39 is 0 Å². The molecule has 0 unspecified atom stereocenters. The minimum atomic E-state index is -0.00518. The van der Waals surface area contributed by atoms with E-state index in [-0.39, 0.29) is 17.0 Å². The van der Waals surface area contributed by atoms with Crippen molar-refractivity contribution in [3.05, 3.63) is 29.0 Å². The number of anilines is 1. The molecule has 3 N–H and O–H groups in total. The van der Waals surface area contributed by atoms with E-state index in [9.17, 15) is 0 Å². The molecule has 3 aliphatic rings. The molecule has 0 radical (unpaired) electrons. The van der Waals surface area contributed by atoms with Crippen LogP contribution in [0.15, 0.2) is 18.3 Å². The Hall–Kier alpha value is -1.39. The predicted octanol–water partition coefficient (Wildman–Crippen LogP) is 5.43. The van der Waals surface area contributed by atoms with E-state index in [1.807, 2.05) is 6.07 Å². The van der Waals surface area contributed by atoms with E-state index >= 15 is 0 Å². The van der Waals surface area contributed by atoms with Gasteiger partial charge in [0.15, 0.2) is 5.15 Å². The minimum Gasteiger partial charge on any atom is -0.364 e. The number of rotatable bonds is 3. The molecule has 2 aromatic rings. The van der Waals surface area contributed by atoms with Gasteiger partial charge in [0.1, 0.15) is 11.3 Å². The number of hydrogen-bond donors (Lipinski definition) is 2. The zero-order valence-corrected chi connectivity index (χ0v) is 17.7. The van der Waals surface area contributed by atoms with Crippen molar-refractivity contribution in [2.45, 2.75) is 83.2 Å². The Balaban J connectivity index is 1.73. The third-order valence-electron chi connectivity index (χ3n) is 7.15. The number of nitrogens with one attached hydrogen (secondary N) is 1. The SMILES string of the molecule is C[C@H](N)C12CCC(Nc3nc4c(Cl)nccc4cc3C(C)(C)C)(CC1)CC2. The van der Waals surface area contributed by atoms with Gasteiger partial charge in [-0.3, -0.25) is 0 Å². The third kappa shape index (κ3) is 3.21. The van der Waals surface area contributed by atoms with Crippen molar-refractivity contribution in [1.82, 2.24) is 9.97 Å². The molecule has 0 aromatic carbocycles. The lowest BCUT2D eigenvalue weighted by atomic mass is 9.55. The van der Waals surface area contributed by atoms with Crippen LogP contribution in [0.5, 0.6) is 0 Å². The maximum atomic E-state index is 6.35. The minimum absolute atomic E-state index is 0.00518. The maximum Gasteiger partial charge on any atom is 0.155 e. The Bertz CT molecular complexity index is 844. The van der Waals surface area contributed by atoms with Gasteiger partial charge in [-0.1, -0.05) is 32.4 Å². The molecule has 3 fully saturated rings. The van der Waals surface area contributed by atoms with Gasteiger partial charge in [0.05, 0.1) is 0 Å². The monoisotopic (exact) mass is 386 g/mol. The summed E-state index contributed by atoms with van der Waals surface area (Å²) in [6.07, 6.45) is 8.87. The summed E-state index contributed by atoms with van der Waals surface area (Å²) in [5.41, 5.74) is 8.83. The third-order valence-corrected chi connectivity index (χ3v) is 7.43. The van der Waals surface area contributed by atoms with Crippen LogP contribution in [0.1, 0.15) is 71.8 Å². The van der Waals surface area contributed by atoms with Gasteiger partial charge in [0.2, 0.25) is 0 Å². The number of nitrogens with zero attached hydrogens (tertiary/aromatic N) is 2. The van der Waals surface area contributed by atoms with Crippen molar-refractivity contribution < 1.29 is 0 Å². The van der Waals surface area contributed by atoms with Crippen LogP contribution in [0.25, 0.3) is 10.9 Å². The largest absolute Gasteiger partial charge is 0.364 e. The second-order valence-corrected chi connectivity index (χ2v) is 10.2. The van der Waals surface area contributed by atoms with Crippen LogP contribution in [0.4, 0.5) is 5.82 Å². The van der Waals surface area contributed by atoms with E-state index in [1.165, 1.54) is 44.1 Å². The number of aromatic nitrogens is 2. The Kier molecular flexibility index (Phi) is 4.43. The number of halogens is 1. The highest BCUT2D eigenvalue weighted by atomic mass is 35.5. The smallest absolute Gasteiger partial charge is 0.155 e. The van der Waals surface area contributed by atoms with Gasteiger partial charge in [0, 0.05) is 28.7 Å².